The average molecular weight is 268 g/mol. The van der Waals surface area contributed by atoms with Gasteiger partial charge in [0.05, 0.1) is 11.8 Å². The fourth-order valence-corrected chi connectivity index (χ4v) is 3.17. The SMILES string of the molecule is NC(=O)C1CCN(C(=O)C2CCCC2C(=O)O)CC1. The Morgan fingerprint density at radius 3 is 2.11 bits per heavy atom. The summed E-state index contributed by atoms with van der Waals surface area (Å²) in [7, 11) is 0. The highest BCUT2D eigenvalue weighted by molar-refractivity contribution is 5.85. The first-order valence-corrected chi connectivity index (χ1v) is 6.81. The van der Waals surface area contributed by atoms with Crippen LogP contribution in [0.2, 0.25) is 0 Å². The summed E-state index contributed by atoms with van der Waals surface area (Å²) in [6.07, 6.45) is 3.22. The number of carboxylic acid groups (broad SMARTS) is 1. The van der Waals surface area contributed by atoms with Crippen LogP contribution >= 0.6 is 0 Å². The molecule has 2 atom stereocenters. The van der Waals surface area contributed by atoms with Crippen LogP contribution in [0.4, 0.5) is 0 Å². The van der Waals surface area contributed by atoms with Crippen LogP contribution in [-0.2, 0) is 14.4 Å². The van der Waals surface area contributed by atoms with Gasteiger partial charge in [0, 0.05) is 19.0 Å². The zero-order valence-corrected chi connectivity index (χ0v) is 10.9. The molecule has 0 aromatic carbocycles. The number of primary amides is 1. The maximum Gasteiger partial charge on any atom is 0.307 e. The fraction of sp³-hybridized carbons (Fsp3) is 0.769. The van der Waals surface area contributed by atoms with Crippen molar-refractivity contribution in [2.45, 2.75) is 32.1 Å². The molecule has 0 aromatic rings. The van der Waals surface area contributed by atoms with Crippen molar-refractivity contribution in [3.8, 4) is 0 Å². The molecule has 0 aromatic heterocycles. The fourth-order valence-electron chi connectivity index (χ4n) is 3.17. The number of carbonyl (C=O) groups is 3. The van der Waals surface area contributed by atoms with Gasteiger partial charge in [0.15, 0.2) is 0 Å². The molecule has 1 saturated heterocycles. The number of carboxylic acids is 1. The highest BCUT2D eigenvalue weighted by Gasteiger charge is 2.40. The molecule has 6 nitrogen and oxygen atoms in total. The highest BCUT2D eigenvalue weighted by Crippen LogP contribution is 2.34. The summed E-state index contributed by atoms with van der Waals surface area (Å²) >= 11 is 0. The number of likely N-dealkylation sites (tertiary alicyclic amines) is 1. The van der Waals surface area contributed by atoms with Crippen LogP contribution in [0.25, 0.3) is 0 Å². The molecule has 6 heteroatoms. The molecule has 1 saturated carbocycles. The van der Waals surface area contributed by atoms with E-state index in [2.05, 4.69) is 0 Å². The molecule has 0 radical (unpaired) electrons. The topological polar surface area (TPSA) is 101 Å². The third-order valence-corrected chi connectivity index (χ3v) is 4.36. The number of nitrogens with two attached hydrogens (primary N) is 1. The number of aliphatic carboxylic acids is 1. The van der Waals surface area contributed by atoms with Gasteiger partial charge in [0.25, 0.3) is 0 Å². The first-order valence-electron chi connectivity index (χ1n) is 6.81. The summed E-state index contributed by atoms with van der Waals surface area (Å²) in [4.78, 5) is 36.2. The monoisotopic (exact) mass is 268 g/mol. The van der Waals surface area contributed by atoms with Crippen LogP contribution in [0.3, 0.4) is 0 Å². The Bertz CT molecular complexity index is 388. The van der Waals surface area contributed by atoms with E-state index in [9.17, 15) is 14.4 Å². The second kappa shape index (κ2) is 5.59. The van der Waals surface area contributed by atoms with Crippen molar-refractivity contribution < 1.29 is 19.5 Å². The van der Waals surface area contributed by atoms with E-state index in [-0.39, 0.29) is 23.7 Å². The molecule has 2 unspecified atom stereocenters. The second-order valence-electron chi connectivity index (χ2n) is 5.48. The van der Waals surface area contributed by atoms with Gasteiger partial charge in [-0.05, 0) is 25.7 Å². The van der Waals surface area contributed by atoms with Gasteiger partial charge in [-0.25, -0.2) is 0 Å². The molecule has 19 heavy (non-hydrogen) atoms. The molecule has 2 fully saturated rings. The number of hydrogen-bond acceptors (Lipinski definition) is 3. The lowest BCUT2D eigenvalue weighted by Crippen LogP contribution is -2.45. The Hall–Kier alpha value is -1.59. The van der Waals surface area contributed by atoms with E-state index in [0.717, 1.165) is 6.42 Å². The molecular weight excluding hydrogens is 248 g/mol. The van der Waals surface area contributed by atoms with E-state index in [0.29, 0.717) is 38.8 Å². The summed E-state index contributed by atoms with van der Waals surface area (Å²) < 4.78 is 0. The number of nitrogens with zero attached hydrogens (tertiary/aromatic N) is 1. The van der Waals surface area contributed by atoms with Gasteiger partial charge in [0.2, 0.25) is 11.8 Å². The minimum Gasteiger partial charge on any atom is -0.481 e. The Kier molecular flexibility index (Phi) is 4.07. The summed E-state index contributed by atoms with van der Waals surface area (Å²) in [6.45, 7) is 1.02. The lowest BCUT2D eigenvalue weighted by molar-refractivity contribution is -0.149. The molecular formula is C13H20N2O4. The summed E-state index contributed by atoms with van der Waals surface area (Å²) in [5, 5.41) is 9.11. The van der Waals surface area contributed by atoms with Crippen LogP contribution < -0.4 is 5.73 Å². The molecule has 2 aliphatic rings. The Morgan fingerprint density at radius 1 is 1.00 bits per heavy atom. The van der Waals surface area contributed by atoms with E-state index in [1.165, 1.54) is 0 Å². The van der Waals surface area contributed by atoms with Crippen LogP contribution in [0, 0.1) is 17.8 Å². The normalized spacial score (nSPS) is 28.3. The lowest BCUT2D eigenvalue weighted by atomic mass is 9.91. The van der Waals surface area contributed by atoms with Gasteiger partial charge >= 0.3 is 5.97 Å². The van der Waals surface area contributed by atoms with Gasteiger partial charge in [-0.2, -0.15) is 0 Å². The summed E-state index contributed by atoms with van der Waals surface area (Å²) in [5.74, 6) is -2.32. The standard InChI is InChI=1S/C13H20N2O4/c14-11(16)8-4-6-15(7-5-8)12(17)9-2-1-3-10(9)13(18)19/h8-10H,1-7H2,(H2,14,16)(H,18,19). The van der Waals surface area contributed by atoms with Gasteiger partial charge in [0.1, 0.15) is 0 Å². The van der Waals surface area contributed by atoms with E-state index in [4.69, 9.17) is 10.8 Å². The number of rotatable bonds is 3. The van der Waals surface area contributed by atoms with Gasteiger partial charge < -0.3 is 15.7 Å². The smallest absolute Gasteiger partial charge is 0.307 e. The Labute approximate surface area is 111 Å². The van der Waals surface area contributed by atoms with E-state index in [1.54, 1.807) is 4.90 Å². The molecule has 1 aliphatic heterocycles. The Balaban J connectivity index is 1.94. The van der Waals surface area contributed by atoms with Crippen molar-refractivity contribution in [3.63, 3.8) is 0 Å². The van der Waals surface area contributed by atoms with Gasteiger partial charge in [-0.3, -0.25) is 14.4 Å². The van der Waals surface area contributed by atoms with Crippen molar-refractivity contribution in [2.24, 2.45) is 23.5 Å². The van der Waals surface area contributed by atoms with Crippen LogP contribution in [0.1, 0.15) is 32.1 Å². The predicted octanol–water partition coefficient (Wildman–Crippen LogP) is 0.211. The van der Waals surface area contributed by atoms with E-state index in [1.807, 2.05) is 0 Å². The second-order valence-corrected chi connectivity index (χ2v) is 5.48. The molecule has 3 N–H and O–H groups in total. The molecule has 0 spiro atoms. The third kappa shape index (κ3) is 2.88. The first-order chi connectivity index (χ1) is 9.00. The molecule has 0 bridgehead atoms. The van der Waals surface area contributed by atoms with Crippen molar-refractivity contribution in [3.05, 3.63) is 0 Å². The number of hydrogen-bond donors (Lipinski definition) is 2. The van der Waals surface area contributed by atoms with E-state index >= 15 is 0 Å². The number of carbonyl (C=O) groups excluding carboxylic acids is 2. The number of piperidine rings is 1. The first kappa shape index (κ1) is 13.8. The zero-order valence-electron chi connectivity index (χ0n) is 10.9. The third-order valence-electron chi connectivity index (χ3n) is 4.36. The quantitative estimate of drug-likeness (QED) is 0.764. The van der Waals surface area contributed by atoms with Crippen LogP contribution in [0.5, 0.6) is 0 Å². The Morgan fingerprint density at radius 2 is 1.58 bits per heavy atom. The number of amides is 2. The molecule has 2 amide bonds. The van der Waals surface area contributed by atoms with Gasteiger partial charge in [-0.1, -0.05) is 6.42 Å². The van der Waals surface area contributed by atoms with Crippen molar-refractivity contribution in [1.29, 1.82) is 0 Å². The maximum absolute atomic E-state index is 12.3. The zero-order chi connectivity index (χ0) is 14.0. The molecule has 1 heterocycles. The predicted molar refractivity (Wildman–Crippen MR) is 67.0 cm³/mol. The minimum absolute atomic E-state index is 0.0622. The minimum atomic E-state index is -0.872. The molecule has 106 valence electrons. The lowest BCUT2D eigenvalue weighted by Gasteiger charge is -2.33. The largest absolute Gasteiger partial charge is 0.481 e. The maximum atomic E-state index is 12.3. The van der Waals surface area contributed by atoms with Crippen molar-refractivity contribution in [2.75, 3.05) is 13.1 Å². The summed E-state index contributed by atoms with van der Waals surface area (Å²) in [5.41, 5.74) is 5.25. The molecule has 1 aliphatic carbocycles. The van der Waals surface area contributed by atoms with Crippen molar-refractivity contribution >= 4 is 17.8 Å². The van der Waals surface area contributed by atoms with Crippen LogP contribution in [0.15, 0.2) is 0 Å². The van der Waals surface area contributed by atoms with E-state index < -0.39 is 11.9 Å². The average Bonchev–Trinajstić information content (AvgIpc) is 2.87. The van der Waals surface area contributed by atoms with Crippen LogP contribution in [-0.4, -0.2) is 40.9 Å². The van der Waals surface area contributed by atoms with Gasteiger partial charge in [-0.15, -0.1) is 0 Å². The summed E-state index contributed by atoms with van der Waals surface area (Å²) in [6, 6.07) is 0. The highest BCUT2D eigenvalue weighted by atomic mass is 16.4. The molecule has 2 rings (SSSR count). The van der Waals surface area contributed by atoms with Crippen molar-refractivity contribution in [1.82, 2.24) is 4.90 Å².